The van der Waals surface area contributed by atoms with Gasteiger partial charge in [0, 0.05) is 19.1 Å². The summed E-state index contributed by atoms with van der Waals surface area (Å²) >= 11 is 0. The van der Waals surface area contributed by atoms with E-state index in [9.17, 15) is 0 Å². The lowest BCUT2D eigenvalue weighted by atomic mass is 9.95. The summed E-state index contributed by atoms with van der Waals surface area (Å²) in [6.45, 7) is 9.57. The fraction of sp³-hybridized carbons (Fsp3) is 0.684. The Balaban J connectivity index is 1.54. The van der Waals surface area contributed by atoms with Crippen LogP contribution in [0.15, 0.2) is 24.3 Å². The molecule has 0 amide bonds. The fourth-order valence-electron chi connectivity index (χ4n) is 3.45. The second-order valence-corrected chi connectivity index (χ2v) is 7.27. The van der Waals surface area contributed by atoms with Crippen molar-refractivity contribution in [1.82, 2.24) is 10.2 Å². The topological polar surface area (TPSA) is 15.3 Å². The normalized spacial score (nSPS) is 23.1. The van der Waals surface area contributed by atoms with Crippen LogP contribution in [0.4, 0.5) is 0 Å². The molecule has 1 aromatic carbocycles. The van der Waals surface area contributed by atoms with Gasteiger partial charge in [0.1, 0.15) is 0 Å². The summed E-state index contributed by atoms with van der Waals surface area (Å²) in [7, 11) is 0. The Hall–Kier alpha value is -0.860. The lowest BCUT2D eigenvalue weighted by molar-refractivity contribution is 0.296. The number of nitrogens with zero attached hydrogens (tertiary/aromatic N) is 1. The Morgan fingerprint density at radius 3 is 2.57 bits per heavy atom. The standard InChI is InChI=1S/C19H30N2/c1-15(2)17-10-12-21(13-17)14-18-6-4-3-5-16(18)9-11-20-19-7-8-19/h3-6,15,17,19-20H,7-14H2,1-2H3. The van der Waals surface area contributed by atoms with Gasteiger partial charge < -0.3 is 5.32 Å². The largest absolute Gasteiger partial charge is 0.314 e. The first-order valence-corrected chi connectivity index (χ1v) is 8.75. The summed E-state index contributed by atoms with van der Waals surface area (Å²) in [4.78, 5) is 2.65. The molecule has 0 radical (unpaired) electrons. The Kier molecular flexibility index (Phi) is 4.97. The Bertz CT molecular complexity index is 451. The third kappa shape index (κ3) is 4.31. The van der Waals surface area contributed by atoms with Gasteiger partial charge in [-0.05, 0) is 61.7 Å². The van der Waals surface area contributed by atoms with Crippen LogP contribution in [0.2, 0.25) is 0 Å². The molecule has 3 rings (SSSR count). The van der Waals surface area contributed by atoms with E-state index in [2.05, 4.69) is 48.3 Å². The van der Waals surface area contributed by atoms with E-state index >= 15 is 0 Å². The van der Waals surface area contributed by atoms with Crippen LogP contribution >= 0.6 is 0 Å². The van der Waals surface area contributed by atoms with Gasteiger partial charge in [0.05, 0.1) is 0 Å². The third-order valence-electron chi connectivity index (χ3n) is 5.17. The molecule has 1 aliphatic heterocycles. The highest BCUT2D eigenvalue weighted by Gasteiger charge is 2.25. The molecule has 2 aliphatic rings. The molecule has 2 heteroatoms. The quantitative estimate of drug-likeness (QED) is 0.826. The summed E-state index contributed by atoms with van der Waals surface area (Å²) in [5.41, 5.74) is 3.08. The van der Waals surface area contributed by atoms with E-state index in [4.69, 9.17) is 0 Å². The highest BCUT2D eigenvalue weighted by atomic mass is 15.1. The molecular weight excluding hydrogens is 256 g/mol. The third-order valence-corrected chi connectivity index (χ3v) is 5.17. The number of hydrogen-bond acceptors (Lipinski definition) is 2. The summed E-state index contributed by atoms with van der Waals surface area (Å²) in [5.74, 6) is 1.72. The molecule has 1 aliphatic carbocycles. The zero-order chi connectivity index (χ0) is 14.7. The summed E-state index contributed by atoms with van der Waals surface area (Å²) in [5, 5.41) is 3.63. The lowest BCUT2D eigenvalue weighted by Crippen LogP contribution is -2.23. The maximum Gasteiger partial charge on any atom is 0.0236 e. The van der Waals surface area contributed by atoms with E-state index in [1.54, 1.807) is 11.1 Å². The average molecular weight is 286 g/mol. The van der Waals surface area contributed by atoms with Gasteiger partial charge in [-0.3, -0.25) is 4.90 Å². The molecule has 1 unspecified atom stereocenters. The van der Waals surface area contributed by atoms with Crippen molar-refractivity contribution in [1.29, 1.82) is 0 Å². The predicted octanol–water partition coefficient (Wildman–Crippen LogP) is 3.46. The Labute approximate surface area is 129 Å². The summed E-state index contributed by atoms with van der Waals surface area (Å²) in [6, 6.07) is 9.86. The van der Waals surface area contributed by atoms with E-state index in [-0.39, 0.29) is 0 Å². The highest BCUT2D eigenvalue weighted by Crippen LogP contribution is 2.25. The van der Waals surface area contributed by atoms with E-state index < -0.39 is 0 Å². The van der Waals surface area contributed by atoms with Crippen molar-refractivity contribution in [2.45, 2.75) is 52.1 Å². The zero-order valence-corrected chi connectivity index (χ0v) is 13.6. The van der Waals surface area contributed by atoms with Gasteiger partial charge in [0.25, 0.3) is 0 Å². The molecule has 0 aromatic heterocycles. The van der Waals surface area contributed by atoms with Crippen molar-refractivity contribution < 1.29 is 0 Å². The van der Waals surface area contributed by atoms with E-state index in [0.29, 0.717) is 0 Å². The second-order valence-electron chi connectivity index (χ2n) is 7.27. The molecule has 1 saturated heterocycles. The van der Waals surface area contributed by atoms with E-state index in [1.165, 1.54) is 38.8 Å². The smallest absolute Gasteiger partial charge is 0.0236 e. The van der Waals surface area contributed by atoms with E-state index in [1.807, 2.05) is 0 Å². The molecule has 21 heavy (non-hydrogen) atoms. The molecule has 1 heterocycles. The van der Waals surface area contributed by atoms with Crippen molar-refractivity contribution in [3.63, 3.8) is 0 Å². The molecule has 1 aromatic rings. The number of rotatable bonds is 7. The van der Waals surface area contributed by atoms with Crippen molar-refractivity contribution >= 4 is 0 Å². The van der Waals surface area contributed by atoms with Gasteiger partial charge >= 0.3 is 0 Å². The van der Waals surface area contributed by atoms with Gasteiger partial charge in [-0.25, -0.2) is 0 Å². The number of likely N-dealkylation sites (tertiary alicyclic amines) is 1. The van der Waals surface area contributed by atoms with Crippen molar-refractivity contribution in [2.75, 3.05) is 19.6 Å². The Morgan fingerprint density at radius 1 is 1.14 bits per heavy atom. The fourth-order valence-corrected chi connectivity index (χ4v) is 3.45. The van der Waals surface area contributed by atoms with Crippen LogP contribution in [-0.4, -0.2) is 30.6 Å². The molecule has 1 saturated carbocycles. The molecule has 2 fully saturated rings. The van der Waals surface area contributed by atoms with Gasteiger partial charge in [-0.15, -0.1) is 0 Å². The second kappa shape index (κ2) is 6.93. The van der Waals surface area contributed by atoms with Gasteiger partial charge in [0.15, 0.2) is 0 Å². The van der Waals surface area contributed by atoms with Gasteiger partial charge in [-0.1, -0.05) is 38.1 Å². The first-order chi connectivity index (χ1) is 10.2. The number of nitrogens with one attached hydrogen (secondary N) is 1. The van der Waals surface area contributed by atoms with Crippen LogP contribution in [-0.2, 0) is 13.0 Å². The zero-order valence-electron chi connectivity index (χ0n) is 13.6. The maximum absolute atomic E-state index is 3.63. The summed E-state index contributed by atoms with van der Waals surface area (Å²) in [6.07, 6.45) is 5.31. The molecule has 2 nitrogen and oxygen atoms in total. The molecule has 0 spiro atoms. The first-order valence-electron chi connectivity index (χ1n) is 8.75. The molecule has 0 bridgehead atoms. The highest BCUT2D eigenvalue weighted by molar-refractivity contribution is 5.27. The van der Waals surface area contributed by atoms with Crippen LogP contribution < -0.4 is 5.32 Å². The van der Waals surface area contributed by atoms with Crippen LogP contribution in [0.1, 0.15) is 44.2 Å². The molecular formula is C19H30N2. The van der Waals surface area contributed by atoms with Crippen LogP contribution in [0.3, 0.4) is 0 Å². The van der Waals surface area contributed by atoms with Gasteiger partial charge in [0.2, 0.25) is 0 Å². The van der Waals surface area contributed by atoms with E-state index in [0.717, 1.165) is 31.0 Å². The first kappa shape index (κ1) is 15.1. The van der Waals surface area contributed by atoms with Crippen LogP contribution in [0.5, 0.6) is 0 Å². The van der Waals surface area contributed by atoms with Crippen molar-refractivity contribution in [2.24, 2.45) is 11.8 Å². The van der Waals surface area contributed by atoms with Crippen molar-refractivity contribution in [3.05, 3.63) is 35.4 Å². The maximum atomic E-state index is 3.63. The van der Waals surface area contributed by atoms with Crippen LogP contribution in [0.25, 0.3) is 0 Å². The minimum Gasteiger partial charge on any atom is -0.314 e. The number of benzene rings is 1. The minimum atomic E-state index is 0.822. The lowest BCUT2D eigenvalue weighted by Gasteiger charge is -2.19. The number of hydrogen-bond donors (Lipinski definition) is 1. The monoisotopic (exact) mass is 286 g/mol. The Morgan fingerprint density at radius 2 is 1.90 bits per heavy atom. The minimum absolute atomic E-state index is 0.822. The molecule has 116 valence electrons. The molecule has 1 N–H and O–H groups in total. The molecule has 1 atom stereocenters. The SMILES string of the molecule is CC(C)C1CCN(Cc2ccccc2CCNC2CC2)C1. The van der Waals surface area contributed by atoms with Gasteiger partial charge in [-0.2, -0.15) is 0 Å². The van der Waals surface area contributed by atoms with Crippen molar-refractivity contribution in [3.8, 4) is 0 Å². The average Bonchev–Trinajstić information content (AvgIpc) is 3.17. The predicted molar refractivity (Wildman–Crippen MR) is 89.4 cm³/mol. The summed E-state index contributed by atoms with van der Waals surface area (Å²) < 4.78 is 0. The van der Waals surface area contributed by atoms with Crippen LogP contribution in [0, 0.1) is 11.8 Å².